The van der Waals surface area contributed by atoms with Gasteiger partial charge in [0.25, 0.3) is 0 Å². The summed E-state index contributed by atoms with van der Waals surface area (Å²) < 4.78 is 24.5. The number of rotatable bonds is 8. The van der Waals surface area contributed by atoms with Gasteiger partial charge in [-0.25, -0.2) is 8.42 Å². The van der Waals surface area contributed by atoms with Crippen molar-refractivity contribution in [3.63, 3.8) is 0 Å². The lowest BCUT2D eigenvalue weighted by molar-refractivity contribution is 0.541. The second-order valence-electron chi connectivity index (χ2n) is 5.44. The lowest BCUT2D eigenvalue weighted by Gasteiger charge is -2.21. The number of benzene rings is 1. The molecule has 0 bridgehead atoms. The maximum Gasteiger partial charge on any atom is 0.180 e. The second kappa shape index (κ2) is 7.89. The van der Waals surface area contributed by atoms with Gasteiger partial charge in [0.1, 0.15) is 0 Å². The smallest absolute Gasteiger partial charge is 0.180 e. The van der Waals surface area contributed by atoms with E-state index in [0.29, 0.717) is 28.8 Å². The zero-order valence-corrected chi connectivity index (χ0v) is 14.0. The molecule has 1 N–H and O–H groups in total. The van der Waals surface area contributed by atoms with Crippen molar-refractivity contribution in [3.05, 3.63) is 24.3 Å². The molecule has 114 valence electrons. The number of hydrogen-bond acceptors (Lipinski definition) is 3. The van der Waals surface area contributed by atoms with Gasteiger partial charge in [0.15, 0.2) is 9.84 Å². The Kier molecular flexibility index (Phi) is 6.83. The van der Waals surface area contributed by atoms with Gasteiger partial charge in [-0.1, -0.05) is 32.9 Å². The van der Waals surface area contributed by atoms with Crippen molar-refractivity contribution in [2.24, 2.45) is 5.92 Å². The molecule has 20 heavy (non-hydrogen) atoms. The molecule has 0 heterocycles. The predicted octanol–water partition coefficient (Wildman–Crippen LogP) is 3.94. The SMILES string of the molecule is CCCS(=O)(=O)c1ccccc1NC(CCl)CC(C)C. The molecule has 5 heteroatoms. The van der Waals surface area contributed by atoms with Crippen molar-refractivity contribution < 1.29 is 8.42 Å². The largest absolute Gasteiger partial charge is 0.380 e. The summed E-state index contributed by atoms with van der Waals surface area (Å²) in [4.78, 5) is 0.376. The Morgan fingerprint density at radius 1 is 1.25 bits per heavy atom. The monoisotopic (exact) mass is 317 g/mol. The van der Waals surface area contributed by atoms with Crippen molar-refractivity contribution in [2.45, 2.75) is 44.6 Å². The normalized spacial score (nSPS) is 13.4. The van der Waals surface area contributed by atoms with E-state index in [1.54, 1.807) is 12.1 Å². The van der Waals surface area contributed by atoms with E-state index in [2.05, 4.69) is 19.2 Å². The van der Waals surface area contributed by atoms with Gasteiger partial charge in [0.05, 0.1) is 16.3 Å². The fourth-order valence-electron chi connectivity index (χ4n) is 2.19. The fraction of sp³-hybridized carbons (Fsp3) is 0.600. The Labute approximate surface area is 127 Å². The molecule has 0 fully saturated rings. The molecule has 1 atom stereocenters. The summed E-state index contributed by atoms with van der Waals surface area (Å²) in [6, 6.07) is 7.14. The first kappa shape index (κ1) is 17.3. The first-order valence-electron chi connectivity index (χ1n) is 7.05. The van der Waals surface area contributed by atoms with Gasteiger partial charge >= 0.3 is 0 Å². The molecule has 0 aliphatic carbocycles. The van der Waals surface area contributed by atoms with Gasteiger partial charge in [0.2, 0.25) is 0 Å². The number of sulfone groups is 1. The Hall–Kier alpha value is -0.740. The van der Waals surface area contributed by atoms with Gasteiger partial charge in [-0.3, -0.25) is 0 Å². The van der Waals surface area contributed by atoms with Crippen LogP contribution in [0.25, 0.3) is 0 Å². The highest BCUT2D eigenvalue weighted by molar-refractivity contribution is 7.91. The van der Waals surface area contributed by atoms with Crippen LogP contribution >= 0.6 is 11.6 Å². The molecule has 0 amide bonds. The average Bonchev–Trinajstić information content (AvgIpc) is 2.37. The molecule has 0 spiro atoms. The van der Waals surface area contributed by atoms with Gasteiger partial charge < -0.3 is 5.32 Å². The number of nitrogens with one attached hydrogen (secondary N) is 1. The number of anilines is 1. The molecule has 1 aromatic rings. The van der Waals surface area contributed by atoms with Crippen LogP contribution in [0.4, 0.5) is 5.69 Å². The van der Waals surface area contributed by atoms with E-state index in [1.165, 1.54) is 0 Å². The molecular formula is C15H24ClNO2S. The zero-order chi connectivity index (χ0) is 15.2. The van der Waals surface area contributed by atoms with Crippen molar-refractivity contribution in [3.8, 4) is 0 Å². The van der Waals surface area contributed by atoms with E-state index >= 15 is 0 Å². The van der Waals surface area contributed by atoms with E-state index in [4.69, 9.17) is 11.6 Å². The highest BCUT2D eigenvalue weighted by Gasteiger charge is 2.19. The van der Waals surface area contributed by atoms with Crippen LogP contribution in [0, 0.1) is 5.92 Å². The maximum atomic E-state index is 12.3. The van der Waals surface area contributed by atoms with Crippen LogP contribution in [0.5, 0.6) is 0 Å². The predicted molar refractivity (Wildman–Crippen MR) is 86.4 cm³/mol. The fourth-order valence-corrected chi connectivity index (χ4v) is 3.89. The summed E-state index contributed by atoms with van der Waals surface area (Å²) >= 11 is 5.98. The topological polar surface area (TPSA) is 46.2 Å². The third-order valence-corrected chi connectivity index (χ3v) is 5.34. The number of para-hydroxylation sites is 1. The Balaban J connectivity index is 3.01. The van der Waals surface area contributed by atoms with E-state index in [1.807, 2.05) is 19.1 Å². The summed E-state index contributed by atoms with van der Waals surface area (Å²) in [7, 11) is -3.23. The van der Waals surface area contributed by atoms with E-state index in [9.17, 15) is 8.42 Å². The molecular weight excluding hydrogens is 294 g/mol. The van der Waals surface area contributed by atoms with Crippen molar-refractivity contribution in [1.82, 2.24) is 0 Å². The lowest BCUT2D eigenvalue weighted by Crippen LogP contribution is -2.24. The van der Waals surface area contributed by atoms with Crippen molar-refractivity contribution in [2.75, 3.05) is 16.9 Å². The van der Waals surface area contributed by atoms with Crippen LogP contribution in [0.3, 0.4) is 0 Å². The van der Waals surface area contributed by atoms with Crippen LogP contribution in [0.2, 0.25) is 0 Å². The molecule has 0 aliphatic heterocycles. The third kappa shape index (κ3) is 4.98. The molecule has 0 saturated heterocycles. The minimum absolute atomic E-state index is 0.0784. The molecule has 1 aromatic carbocycles. The van der Waals surface area contributed by atoms with E-state index in [-0.39, 0.29) is 11.8 Å². The number of hydrogen-bond donors (Lipinski definition) is 1. The first-order valence-corrected chi connectivity index (χ1v) is 9.23. The third-order valence-electron chi connectivity index (χ3n) is 3.00. The van der Waals surface area contributed by atoms with Crippen molar-refractivity contribution in [1.29, 1.82) is 0 Å². The van der Waals surface area contributed by atoms with Crippen LogP contribution in [-0.4, -0.2) is 26.1 Å². The second-order valence-corrected chi connectivity index (χ2v) is 7.83. The molecule has 1 unspecified atom stereocenters. The minimum atomic E-state index is -3.23. The number of alkyl halides is 1. The van der Waals surface area contributed by atoms with Gasteiger partial charge in [-0.2, -0.15) is 0 Å². The first-order chi connectivity index (χ1) is 9.40. The molecule has 1 rings (SSSR count). The molecule has 3 nitrogen and oxygen atoms in total. The van der Waals surface area contributed by atoms with Crippen LogP contribution in [-0.2, 0) is 9.84 Å². The quantitative estimate of drug-likeness (QED) is 0.739. The standard InChI is InChI=1S/C15H24ClNO2S/c1-4-9-20(18,19)15-8-6-5-7-14(15)17-13(11-16)10-12(2)3/h5-8,12-13,17H,4,9-11H2,1-3H3. The van der Waals surface area contributed by atoms with Gasteiger partial charge in [-0.15, -0.1) is 11.6 Å². The minimum Gasteiger partial charge on any atom is -0.380 e. The lowest BCUT2D eigenvalue weighted by atomic mass is 10.0. The Morgan fingerprint density at radius 2 is 1.90 bits per heavy atom. The summed E-state index contributed by atoms with van der Waals surface area (Å²) in [6.45, 7) is 6.12. The highest BCUT2D eigenvalue weighted by atomic mass is 35.5. The maximum absolute atomic E-state index is 12.3. The van der Waals surface area contributed by atoms with E-state index < -0.39 is 9.84 Å². The van der Waals surface area contributed by atoms with Crippen LogP contribution in [0.1, 0.15) is 33.6 Å². The molecule has 0 aromatic heterocycles. The molecule has 0 aliphatic rings. The summed E-state index contributed by atoms with van der Waals surface area (Å²) in [5.74, 6) is 1.13. The average molecular weight is 318 g/mol. The summed E-state index contributed by atoms with van der Waals surface area (Å²) in [6.07, 6.45) is 1.52. The zero-order valence-electron chi connectivity index (χ0n) is 12.4. The van der Waals surface area contributed by atoms with Crippen LogP contribution < -0.4 is 5.32 Å². The number of halogens is 1. The highest BCUT2D eigenvalue weighted by Crippen LogP contribution is 2.24. The summed E-state index contributed by atoms with van der Waals surface area (Å²) in [5, 5.41) is 3.28. The Bertz CT molecular complexity index is 514. The molecule has 0 radical (unpaired) electrons. The van der Waals surface area contributed by atoms with Crippen LogP contribution in [0.15, 0.2) is 29.2 Å². The van der Waals surface area contributed by atoms with Crippen molar-refractivity contribution >= 4 is 27.1 Å². The molecule has 0 saturated carbocycles. The van der Waals surface area contributed by atoms with E-state index in [0.717, 1.165) is 6.42 Å². The summed E-state index contributed by atoms with van der Waals surface area (Å²) in [5.41, 5.74) is 0.659. The Morgan fingerprint density at radius 3 is 2.45 bits per heavy atom. The van der Waals surface area contributed by atoms with Gasteiger partial charge in [0, 0.05) is 11.9 Å². The van der Waals surface area contributed by atoms with Gasteiger partial charge in [-0.05, 0) is 30.9 Å².